The van der Waals surface area contributed by atoms with Gasteiger partial charge in [-0.1, -0.05) is 78.3 Å². The summed E-state index contributed by atoms with van der Waals surface area (Å²) < 4.78 is 6.02. The van der Waals surface area contributed by atoms with Gasteiger partial charge in [0.25, 0.3) is 0 Å². The summed E-state index contributed by atoms with van der Waals surface area (Å²) in [5.41, 5.74) is 4.25. The third-order valence-electron chi connectivity index (χ3n) is 6.39. The molecule has 170 valence electrons. The highest BCUT2D eigenvalue weighted by Crippen LogP contribution is 2.33. The van der Waals surface area contributed by atoms with Gasteiger partial charge < -0.3 is 4.42 Å². The summed E-state index contributed by atoms with van der Waals surface area (Å²) in [6.45, 7) is 0. The van der Waals surface area contributed by atoms with Crippen molar-refractivity contribution in [3.8, 4) is 34.2 Å². The molecular formula is C31H18ClN3O. The number of hydrogen-bond donors (Lipinski definition) is 0. The van der Waals surface area contributed by atoms with Gasteiger partial charge in [0.2, 0.25) is 0 Å². The maximum absolute atomic E-state index is 6.55. The molecule has 0 unspecified atom stereocenters. The van der Waals surface area contributed by atoms with Crippen LogP contribution in [0.2, 0.25) is 5.02 Å². The van der Waals surface area contributed by atoms with Gasteiger partial charge >= 0.3 is 0 Å². The summed E-state index contributed by atoms with van der Waals surface area (Å²) in [6, 6.07) is 36.2. The first-order chi connectivity index (χ1) is 17.7. The molecule has 0 atom stereocenters. The van der Waals surface area contributed by atoms with Crippen LogP contribution in [-0.4, -0.2) is 15.0 Å². The van der Waals surface area contributed by atoms with Gasteiger partial charge in [0.05, 0.1) is 5.02 Å². The molecule has 0 N–H and O–H groups in total. The number of benzene rings is 5. The SMILES string of the molecule is Clc1ccccc1-c1nc(-c2ccc3ccccc3c2)nc(-c2ccc3oc4ccccc4c3c2)n1. The summed E-state index contributed by atoms with van der Waals surface area (Å²) >= 11 is 6.55. The Hall–Kier alpha value is -4.54. The van der Waals surface area contributed by atoms with Gasteiger partial charge in [-0.2, -0.15) is 0 Å². The third-order valence-corrected chi connectivity index (χ3v) is 6.72. The number of furan rings is 1. The second-order valence-electron chi connectivity index (χ2n) is 8.66. The van der Waals surface area contributed by atoms with E-state index < -0.39 is 0 Å². The number of aromatic nitrogens is 3. The average Bonchev–Trinajstić information content (AvgIpc) is 3.31. The maximum Gasteiger partial charge on any atom is 0.165 e. The molecule has 5 heteroatoms. The maximum atomic E-state index is 6.55. The van der Waals surface area contributed by atoms with Gasteiger partial charge in [0.15, 0.2) is 17.5 Å². The smallest absolute Gasteiger partial charge is 0.165 e. The molecule has 0 saturated carbocycles. The lowest BCUT2D eigenvalue weighted by Crippen LogP contribution is -2.00. The van der Waals surface area contributed by atoms with E-state index in [1.165, 1.54) is 5.39 Å². The molecular weight excluding hydrogens is 466 g/mol. The van der Waals surface area contributed by atoms with Gasteiger partial charge in [-0.05, 0) is 53.2 Å². The van der Waals surface area contributed by atoms with E-state index in [0.29, 0.717) is 22.5 Å². The fourth-order valence-electron chi connectivity index (χ4n) is 4.59. The Bertz CT molecular complexity index is 1930. The molecule has 5 aromatic carbocycles. The van der Waals surface area contributed by atoms with E-state index in [1.54, 1.807) is 0 Å². The van der Waals surface area contributed by atoms with E-state index in [-0.39, 0.29) is 0 Å². The van der Waals surface area contributed by atoms with Crippen LogP contribution in [0.25, 0.3) is 66.9 Å². The van der Waals surface area contributed by atoms with Crippen molar-refractivity contribution >= 4 is 44.3 Å². The molecule has 4 nitrogen and oxygen atoms in total. The molecule has 2 heterocycles. The van der Waals surface area contributed by atoms with E-state index in [4.69, 9.17) is 31.0 Å². The van der Waals surface area contributed by atoms with Gasteiger partial charge in [0.1, 0.15) is 11.2 Å². The molecule has 0 aliphatic carbocycles. The molecule has 2 aromatic heterocycles. The molecule has 0 radical (unpaired) electrons. The van der Waals surface area contributed by atoms with Crippen LogP contribution < -0.4 is 0 Å². The Kier molecular flexibility index (Phi) is 4.79. The largest absolute Gasteiger partial charge is 0.456 e. The van der Waals surface area contributed by atoms with Crippen molar-refractivity contribution in [2.45, 2.75) is 0 Å². The van der Waals surface area contributed by atoms with E-state index in [9.17, 15) is 0 Å². The number of fused-ring (bicyclic) bond motifs is 4. The third kappa shape index (κ3) is 3.51. The summed E-state index contributed by atoms with van der Waals surface area (Å²) in [7, 11) is 0. The van der Waals surface area contributed by atoms with Gasteiger partial charge in [-0.25, -0.2) is 15.0 Å². The molecule has 0 saturated heterocycles. The first-order valence-electron chi connectivity index (χ1n) is 11.6. The molecule has 7 aromatic rings. The minimum Gasteiger partial charge on any atom is -0.456 e. The molecule has 0 bridgehead atoms. The second-order valence-corrected chi connectivity index (χ2v) is 9.06. The summed E-state index contributed by atoms with van der Waals surface area (Å²) in [6.07, 6.45) is 0. The van der Waals surface area contributed by atoms with Crippen LogP contribution in [0.15, 0.2) is 114 Å². The van der Waals surface area contributed by atoms with Crippen molar-refractivity contribution in [2.24, 2.45) is 0 Å². The lowest BCUT2D eigenvalue weighted by molar-refractivity contribution is 0.669. The molecule has 36 heavy (non-hydrogen) atoms. The number of hydrogen-bond acceptors (Lipinski definition) is 4. The first-order valence-corrected chi connectivity index (χ1v) is 12.0. The molecule has 0 spiro atoms. The molecule has 7 rings (SSSR count). The quantitative estimate of drug-likeness (QED) is 0.252. The predicted molar refractivity (Wildman–Crippen MR) is 146 cm³/mol. The van der Waals surface area contributed by atoms with Crippen LogP contribution >= 0.6 is 11.6 Å². The number of halogens is 1. The Balaban J connectivity index is 1.46. The highest BCUT2D eigenvalue weighted by atomic mass is 35.5. The van der Waals surface area contributed by atoms with Crippen molar-refractivity contribution in [1.82, 2.24) is 15.0 Å². The monoisotopic (exact) mass is 483 g/mol. The molecule has 0 fully saturated rings. The van der Waals surface area contributed by atoms with E-state index >= 15 is 0 Å². The van der Waals surface area contributed by atoms with Crippen LogP contribution in [0.4, 0.5) is 0 Å². The molecule has 0 aliphatic heterocycles. The highest BCUT2D eigenvalue weighted by Gasteiger charge is 2.16. The van der Waals surface area contributed by atoms with E-state index in [1.807, 2.05) is 72.8 Å². The zero-order chi connectivity index (χ0) is 24.1. The van der Waals surface area contributed by atoms with Gasteiger partial charge in [-0.3, -0.25) is 0 Å². The number of nitrogens with zero attached hydrogens (tertiary/aromatic N) is 3. The molecule has 0 amide bonds. The van der Waals surface area contributed by atoms with E-state index in [2.05, 4.69) is 36.4 Å². The Morgan fingerprint density at radius 2 is 1.14 bits per heavy atom. The summed E-state index contributed by atoms with van der Waals surface area (Å²) in [5, 5.41) is 4.97. The van der Waals surface area contributed by atoms with Crippen LogP contribution in [-0.2, 0) is 0 Å². The van der Waals surface area contributed by atoms with Crippen LogP contribution in [0.5, 0.6) is 0 Å². The van der Waals surface area contributed by atoms with E-state index in [0.717, 1.165) is 44.0 Å². The fourth-order valence-corrected chi connectivity index (χ4v) is 4.81. The predicted octanol–water partition coefficient (Wildman–Crippen LogP) is 8.58. The zero-order valence-electron chi connectivity index (χ0n) is 19.0. The Morgan fingerprint density at radius 3 is 2.00 bits per heavy atom. The number of rotatable bonds is 3. The Labute approximate surface area is 211 Å². The Morgan fingerprint density at radius 1 is 0.500 bits per heavy atom. The number of para-hydroxylation sites is 1. The van der Waals surface area contributed by atoms with Crippen LogP contribution in [0.1, 0.15) is 0 Å². The minimum absolute atomic E-state index is 0.533. The van der Waals surface area contributed by atoms with Crippen molar-refractivity contribution in [3.05, 3.63) is 114 Å². The lowest BCUT2D eigenvalue weighted by atomic mass is 10.1. The normalized spacial score (nSPS) is 11.5. The second kappa shape index (κ2) is 8.29. The van der Waals surface area contributed by atoms with Crippen molar-refractivity contribution < 1.29 is 4.42 Å². The molecule has 0 aliphatic rings. The highest BCUT2D eigenvalue weighted by molar-refractivity contribution is 6.33. The fraction of sp³-hybridized carbons (Fsp3) is 0. The topological polar surface area (TPSA) is 51.8 Å². The average molecular weight is 484 g/mol. The minimum atomic E-state index is 0.533. The van der Waals surface area contributed by atoms with Crippen molar-refractivity contribution in [3.63, 3.8) is 0 Å². The van der Waals surface area contributed by atoms with Crippen molar-refractivity contribution in [1.29, 1.82) is 0 Å². The summed E-state index contributed by atoms with van der Waals surface area (Å²) in [5.74, 6) is 1.71. The summed E-state index contributed by atoms with van der Waals surface area (Å²) in [4.78, 5) is 14.6. The van der Waals surface area contributed by atoms with Gasteiger partial charge in [0, 0.05) is 27.5 Å². The zero-order valence-corrected chi connectivity index (χ0v) is 19.8. The lowest BCUT2D eigenvalue weighted by Gasteiger charge is -2.10. The van der Waals surface area contributed by atoms with Crippen LogP contribution in [0, 0.1) is 0 Å². The van der Waals surface area contributed by atoms with Crippen molar-refractivity contribution in [2.75, 3.05) is 0 Å². The van der Waals surface area contributed by atoms with Gasteiger partial charge in [-0.15, -0.1) is 0 Å². The first kappa shape index (κ1) is 20.8. The van der Waals surface area contributed by atoms with Crippen LogP contribution in [0.3, 0.4) is 0 Å². The standard InChI is InChI=1S/C31H18ClN3O/c32-26-11-5-3-10-24(26)31-34-29(21-14-13-19-7-1-2-8-20(19)17-21)33-30(35-31)22-15-16-28-25(18-22)23-9-4-6-12-27(23)36-28/h1-18H.